The van der Waals surface area contributed by atoms with Crippen LogP contribution >= 0.6 is 11.3 Å². The summed E-state index contributed by atoms with van der Waals surface area (Å²) in [5.74, 6) is 1.36. The molecule has 1 aromatic carbocycles. The van der Waals surface area contributed by atoms with Gasteiger partial charge in [-0.05, 0) is 55.8 Å². The predicted octanol–water partition coefficient (Wildman–Crippen LogP) is 4.09. The smallest absolute Gasteiger partial charge is 0.318 e. The van der Waals surface area contributed by atoms with Crippen LogP contribution in [0.15, 0.2) is 35.7 Å². The molecule has 1 aliphatic rings. The number of rotatable bonds is 9. The van der Waals surface area contributed by atoms with Crippen molar-refractivity contribution < 1.29 is 19.1 Å². The van der Waals surface area contributed by atoms with E-state index in [1.165, 1.54) is 4.88 Å². The number of hydrogen-bond acceptors (Lipinski definition) is 5. The van der Waals surface area contributed by atoms with Gasteiger partial charge in [0.1, 0.15) is 24.7 Å². The highest BCUT2D eigenvalue weighted by Crippen LogP contribution is 2.34. The van der Waals surface area contributed by atoms with E-state index in [-0.39, 0.29) is 30.6 Å². The van der Waals surface area contributed by atoms with Gasteiger partial charge in [-0.1, -0.05) is 13.0 Å². The maximum Gasteiger partial charge on any atom is 0.318 e. The molecule has 0 aliphatic carbocycles. The molecule has 0 saturated carbocycles. The summed E-state index contributed by atoms with van der Waals surface area (Å²) in [5.41, 5.74) is 1.13. The topological polar surface area (TPSA) is 71.1 Å². The summed E-state index contributed by atoms with van der Waals surface area (Å²) in [4.78, 5) is 30.8. The molecule has 2 heterocycles. The van der Waals surface area contributed by atoms with E-state index in [4.69, 9.17) is 9.47 Å². The number of benzene rings is 1. The molecular formula is C24H33N3O4S. The molecule has 1 aliphatic heterocycles. The van der Waals surface area contributed by atoms with Crippen LogP contribution in [0.4, 0.5) is 4.79 Å². The molecule has 174 valence electrons. The third-order valence-electron chi connectivity index (χ3n) is 5.88. The Kier molecular flexibility index (Phi) is 8.39. The van der Waals surface area contributed by atoms with Crippen LogP contribution in [-0.4, -0.2) is 61.1 Å². The van der Waals surface area contributed by atoms with Gasteiger partial charge in [-0.25, -0.2) is 4.79 Å². The van der Waals surface area contributed by atoms with Crippen molar-refractivity contribution >= 4 is 23.3 Å². The molecular weight excluding hydrogens is 426 g/mol. The van der Waals surface area contributed by atoms with Gasteiger partial charge in [-0.3, -0.25) is 4.79 Å². The first kappa shape index (κ1) is 23.9. The van der Waals surface area contributed by atoms with E-state index in [1.807, 2.05) is 49.9 Å². The Morgan fingerprint density at radius 2 is 2.06 bits per heavy atom. The molecule has 0 saturated heterocycles. The zero-order chi connectivity index (χ0) is 23.1. The minimum absolute atomic E-state index is 0.0292. The van der Waals surface area contributed by atoms with Crippen molar-refractivity contribution in [2.75, 3.05) is 33.4 Å². The number of fused-ring (bicyclic) bond motifs is 1. The molecule has 3 amide bonds. The molecule has 0 bridgehead atoms. The minimum Gasteiger partial charge on any atom is -0.497 e. The number of ether oxygens (including phenoxy) is 2. The fourth-order valence-corrected chi connectivity index (χ4v) is 4.81. The molecule has 7 nitrogen and oxygen atoms in total. The summed E-state index contributed by atoms with van der Waals surface area (Å²) in [7, 11) is 1.62. The molecule has 8 heteroatoms. The lowest BCUT2D eigenvalue weighted by Gasteiger charge is -2.38. The van der Waals surface area contributed by atoms with Gasteiger partial charge in [0.25, 0.3) is 0 Å². The lowest BCUT2D eigenvalue weighted by molar-refractivity contribution is -0.135. The molecule has 3 rings (SSSR count). The Hall–Kier alpha value is -2.74. The number of methoxy groups -OCH3 is 1. The van der Waals surface area contributed by atoms with Crippen LogP contribution in [0.3, 0.4) is 0 Å². The number of nitrogens with one attached hydrogen (secondary N) is 1. The minimum atomic E-state index is -0.201. The quantitative estimate of drug-likeness (QED) is 0.613. The van der Waals surface area contributed by atoms with E-state index < -0.39 is 0 Å². The van der Waals surface area contributed by atoms with Gasteiger partial charge in [0.2, 0.25) is 5.91 Å². The molecule has 1 aromatic heterocycles. The lowest BCUT2D eigenvalue weighted by Crippen LogP contribution is -2.52. The van der Waals surface area contributed by atoms with Gasteiger partial charge >= 0.3 is 6.03 Å². The van der Waals surface area contributed by atoms with Crippen molar-refractivity contribution in [3.8, 4) is 11.5 Å². The first-order chi connectivity index (χ1) is 15.5. The van der Waals surface area contributed by atoms with E-state index in [0.29, 0.717) is 25.4 Å². The number of carbonyl (C=O) groups is 2. The average molecular weight is 460 g/mol. The molecule has 1 N–H and O–H groups in total. The summed E-state index contributed by atoms with van der Waals surface area (Å²) in [6.07, 6.45) is 1.60. The molecule has 2 aromatic rings. The number of carbonyl (C=O) groups excluding carboxylic acids is 2. The summed E-state index contributed by atoms with van der Waals surface area (Å²) < 4.78 is 11.4. The van der Waals surface area contributed by atoms with E-state index in [9.17, 15) is 9.59 Å². The van der Waals surface area contributed by atoms with Crippen molar-refractivity contribution in [2.24, 2.45) is 0 Å². The number of thiophene rings is 1. The SMILES string of the molecule is CCNC(=O)N(CC(=O)N1CCc2sccc2[C@H]1COc1cccc(OC)c1)[C@@H](C)CC. The summed E-state index contributed by atoms with van der Waals surface area (Å²) >= 11 is 1.72. The Labute approximate surface area is 194 Å². The van der Waals surface area contributed by atoms with Crippen molar-refractivity contribution in [3.05, 3.63) is 46.2 Å². The lowest BCUT2D eigenvalue weighted by atomic mass is 10.00. The normalized spacial score (nSPS) is 16.1. The zero-order valence-electron chi connectivity index (χ0n) is 19.3. The second-order valence-corrected chi connectivity index (χ2v) is 8.86. The van der Waals surface area contributed by atoms with Crippen LogP contribution in [0.5, 0.6) is 11.5 Å². The van der Waals surface area contributed by atoms with Crippen LogP contribution in [-0.2, 0) is 11.2 Å². The van der Waals surface area contributed by atoms with E-state index in [0.717, 1.165) is 24.2 Å². The van der Waals surface area contributed by atoms with Gasteiger partial charge in [0, 0.05) is 30.1 Å². The Balaban J connectivity index is 1.78. The molecule has 0 unspecified atom stereocenters. The summed E-state index contributed by atoms with van der Waals surface area (Å²) in [6, 6.07) is 9.11. The van der Waals surface area contributed by atoms with Crippen LogP contribution in [0, 0.1) is 0 Å². The predicted molar refractivity (Wildman–Crippen MR) is 126 cm³/mol. The fraction of sp³-hybridized carbons (Fsp3) is 0.500. The highest BCUT2D eigenvalue weighted by molar-refractivity contribution is 7.10. The maximum atomic E-state index is 13.4. The van der Waals surface area contributed by atoms with Crippen molar-refractivity contribution in [1.29, 1.82) is 0 Å². The van der Waals surface area contributed by atoms with E-state index >= 15 is 0 Å². The fourth-order valence-electron chi connectivity index (χ4n) is 3.88. The summed E-state index contributed by atoms with van der Waals surface area (Å²) in [5, 5.41) is 4.90. The Bertz CT molecular complexity index is 916. The number of hydrogen-bond donors (Lipinski definition) is 1. The van der Waals surface area contributed by atoms with Crippen LogP contribution in [0.1, 0.15) is 43.7 Å². The molecule has 0 spiro atoms. The average Bonchev–Trinajstić information content (AvgIpc) is 3.29. The monoisotopic (exact) mass is 459 g/mol. The second-order valence-electron chi connectivity index (χ2n) is 7.86. The third-order valence-corrected chi connectivity index (χ3v) is 6.88. The van der Waals surface area contributed by atoms with Crippen LogP contribution < -0.4 is 14.8 Å². The van der Waals surface area contributed by atoms with E-state index in [1.54, 1.807) is 23.3 Å². The largest absolute Gasteiger partial charge is 0.497 e. The van der Waals surface area contributed by atoms with Crippen LogP contribution in [0.25, 0.3) is 0 Å². The third kappa shape index (κ3) is 5.54. The first-order valence-electron chi connectivity index (χ1n) is 11.2. The van der Waals surface area contributed by atoms with Crippen molar-refractivity contribution in [1.82, 2.24) is 15.1 Å². The number of amides is 3. The maximum absolute atomic E-state index is 13.4. The van der Waals surface area contributed by atoms with Crippen LogP contribution in [0.2, 0.25) is 0 Å². The summed E-state index contributed by atoms with van der Waals surface area (Å²) in [6.45, 7) is 7.40. The van der Waals surface area contributed by atoms with E-state index in [2.05, 4.69) is 16.8 Å². The van der Waals surface area contributed by atoms with Gasteiger partial charge in [0.05, 0.1) is 13.2 Å². The molecule has 0 fully saturated rings. The van der Waals surface area contributed by atoms with Crippen molar-refractivity contribution in [3.63, 3.8) is 0 Å². The Morgan fingerprint density at radius 1 is 1.28 bits per heavy atom. The molecule has 0 radical (unpaired) electrons. The zero-order valence-corrected chi connectivity index (χ0v) is 20.1. The molecule has 32 heavy (non-hydrogen) atoms. The molecule has 2 atom stereocenters. The van der Waals surface area contributed by atoms with Gasteiger partial charge in [-0.2, -0.15) is 0 Å². The Morgan fingerprint density at radius 3 is 2.78 bits per heavy atom. The standard InChI is InChI=1S/C24H33N3O4S/c1-5-17(3)27(24(29)25-6-2)15-23(28)26-12-10-22-20(11-13-32-22)21(26)16-31-19-9-7-8-18(14-19)30-4/h7-9,11,13-14,17,21H,5-6,10,12,15-16H2,1-4H3,(H,25,29)/t17-,21+/m0/s1. The second kappa shape index (κ2) is 11.2. The highest BCUT2D eigenvalue weighted by atomic mass is 32.1. The van der Waals surface area contributed by atoms with Gasteiger partial charge in [-0.15, -0.1) is 11.3 Å². The van der Waals surface area contributed by atoms with Crippen molar-refractivity contribution in [2.45, 2.75) is 45.7 Å². The number of urea groups is 1. The van der Waals surface area contributed by atoms with Gasteiger partial charge in [0.15, 0.2) is 0 Å². The van der Waals surface area contributed by atoms with Gasteiger partial charge < -0.3 is 24.6 Å². The first-order valence-corrected chi connectivity index (χ1v) is 12.0. The number of nitrogens with zero attached hydrogens (tertiary/aromatic N) is 2. The highest BCUT2D eigenvalue weighted by Gasteiger charge is 2.34.